The van der Waals surface area contributed by atoms with E-state index in [1.165, 1.54) is 49.2 Å². The molecule has 0 N–H and O–H groups in total. The molecule has 0 radical (unpaired) electrons. The molecule has 0 saturated carbocycles. The molecule has 0 spiro atoms. The SMILES string of the molecule is CCn1c2ccccc2c2ccc(-c3ccc(N(c4ccc5oc6ccccc6c5c4)c4cccc5c4c4ccccc4n5-c4ccccc4)cc3)cc21. The summed E-state index contributed by atoms with van der Waals surface area (Å²) < 4.78 is 11.1. The molecule has 4 heteroatoms. The van der Waals surface area contributed by atoms with Crippen LogP contribution in [0.5, 0.6) is 0 Å². The molecule has 0 bridgehead atoms. The topological polar surface area (TPSA) is 26.2 Å². The highest BCUT2D eigenvalue weighted by atomic mass is 16.3. The van der Waals surface area contributed by atoms with Crippen molar-refractivity contribution in [1.29, 1.82) is 0 Å². The number of rotatable bonds is 6. The highest BCUT2D eigenvalue weighted by Gasteiger charge is 2.22. The predicted molar refractivity (Wildman–Crippen MR) is 227 cm³/mol. The first-order chi connectivity index (χ1) is 26.7. The molecule has 3 aromatic heterocycles. The smallest absolute Gasteiger partial charge is 0.135 e. The van der Waals surface area contributed by atoms with Gasteiger partial charge < -0.3 is 18.5 Å². The van der Waals surface area contributed by atoms with Crippen LogP contribution in [0.15, 0.2) is 186 Å². The van der Waals surface area contributed by atoms with Gasteiger partial charge >= 0.3 is 0 Å². The Morgan fingerprint density at radius 1 is 0.444 bits per heavy atom. The second kappa shape index (κ2) is 12.0. The quantitative estimate of drug-likeness (QED) is 0.173. The summed E-state index contributed by atoms with van der Waals surface area (Å²) in [5.41, 5.74) is 13.5. The molecular formula is C50H35N3O. The predicted octanol–water partition coefficient (Wildman–Crippen LogP) is 13.9. The lowest BCUT2D eigenvalue weighted by Crippen LogP contribution is -2.10. The Kier molecular flexibility index (Phi) is 6.80. The van der Waals surface area contributed by atoms with Crippen molar-refractivity contribution < 1.29 is 4.42 Å². The van der Waals surface area contributed by atoms with Gasteiger partial charge in [-0.3, -0.25) is 0 Å². The Bertz CT molecular complexity index is 3200. The second-order valence-electron chi connectivity index (χ2n) is 14.0. The first kappa shape index (κ1) is 30.6. The van der Waals surface area contributed by atoms with Crippen molar-refractivity contribution >= 4 is 82.6 Å². The Morgan fingerprint density at radius 2 is 1.09 bits per heavy atom. The fourth-order valence-corrected chi connectivity index (χ4v) is 8.69. The molecular weight excluding hydrogens is 659 g/mol. The van der Waals surface area contributed by atoms with Crippen molar-refractivity contribution in [3.05, 3.63) is 182 Å². The molecule has 0 saturated heterocycles. The zero-order valence-electron chi connectivity index (χ0n) is 29.8. The van der Waals surface area contributed by atoms with Crippen molar-refractivity contribution in [1.82, 2.24) is 9.13 Å². The van der Waals surface area contributed by atoms with Gasteiger partial charge in [0.05, 0.1) is 16.7 Å². The van der Waals surface area contributed by atoms with Crippen LogP contribution in [0, 0.1) is 0 Å². The highest BCUT2D eigenvalue weighted by Crippen LogP contribution is 2.45. The van der Waals surface area contributed by atoms with Crippen LogP contribution < -0.4 is 4.90 Å². The van der Waals surface area contributed by atoms with E-state index >= 15 is 0 Å². The van der Waals surface area contributed by atoms with Crippen LogP contribution in [0.25, 0.3) is 82.4 Å². The maximum atomic E-state index is 6.29. The van der Waals surface area contributed by atoms with Gasteiger partial charge in [-0.25, -0.2) is 0 Å². The average molecular weight is 694 g/mol. The van der Waals surface area contributed by atoms with Crippen LogP contribution in [-0.4, -0.2) is 9.13 Å². The number of aryl methyl sites for hydroxylation is 1. The zero-order chi connectivity index (χ0) is 35.8. The van der Waals surface area contributed by atoms with Crippen LogP contribution in [0.3, 0.4) is 0 Å². The van der Waals surface area contributed by atoms with Gasteiger partial charge in [0.25, 0.3) is 0 Å². The molecule has 11 rings (SSSR count). The number of nitrogens with zero attached hydrogens (tertiary/aromatic N) is 3. The third-order valence-corrected chi connectivity index (χ3v) is 11.1. The lowest BCUT2D eigenvalue weighted by Gasteiger charge is -2.27. The normalized spacial score (nSPS) is 11.9. The molecule has 54 heavy (non-hydrogen) atoms. The molecule has 8 aromatic carbocycles. The summed E-state index contributed by atoms with van der Waals surface area (Å²) in [7, 11) is 0. The van der Waals surface area contributed by atoms with E-state index < -0.39 is 0 Å². The van der Waals surface area contributed by atoms with E-state index in [0.717, 1.165) is 56.7 Å². The number of hydrogen-bond donors (Lipinski definition) is 0. The van der Waals surface area contributed by atoms with Crippen molar-refractivity contribution in [3.63, 3.8) is 0 Å². The fraction of sp³-hybridized carbons (Fsp3) is 0.0400. The van der Waals surface area contributed by atoms with Gasteiger partial charge in [0.1, 0.15) is 11.2 Å². The third kappa shape index (κ3) is 4.56. The number of anilines is 3. The highest BCUT2D eigenvalue weighted by molar-refractivity contribution is 6.17. The van der Waals surface area contributed by atoms with Crippen LogP contribution in [0.2, 0.25) is 0 Å². The van der Waals surface area contributed by atoms with Gasteiger partial charge in [-0.1, -0.05) is 103 Å². The third-order valence-electron chi connectivity index (χ3n) is 11.1. The Labute approximate surface area is 312 Å². The number of fused-ring (bicyclic) bond motifs is 9. The van der Waals surface area contributed by atoms with Gasteiger partial charge in [0.2, 0.25) is 0 Å². The first-order valence-electron chi connectivity index (χ1n) is 18.7. The minimum absolute atomic E-state index is 0.883. The molecule has 0 fully saturated rings. The molecule has 0 aliphatic heterocycles. The van der Waals surface area contributed by atoms with Crippen molar-refractivity contribution in [3.8, 4) is 16.8 Å². The average Bonchev–Trinajstić information content (AvgIpc) is 3.89. The van der Waals surface area contributed by atoms with E-state index in [1.54, 1.807) is 0 Å². The summed E-state index contributed by atoms with van der Waals surface area (Å²) in [6.45, 7) is 3.15. The molecule has 0 aliphatic rings. The monoisotopic (exact) mass is 693 g/mol. The van der Waals surface area contributed by atoms with Gasteiger partial charge in [-0.05, 0) is 96.9 Å². The number of hydrogen-bond acceptors (Lipinski definition) is 2. The van der Waals surface area contributed by atoms with Gasteiger partial charge in [-0.15, -0.1) is 0 Å². The van der Waals surface area contributed by atoms with Crippen molar-refractivity contribution in [2.45, 2.75) is 13.5 Å². The van der Waals surface area contributed by atoms with E-state index in [4.69, 9.17) is 4.42 Å². The molecule has 0 aliphatic carbocycles. The fourth-order valence-electron chi connectivity index (χ4n) is 8.69. The summed E-state index contributed by atoms with van der Waals surface area (Å²) >= 11 is 0. The Morgan fingerprint density at radius 3 is 1.93 bits per heavy atom. The minimum atomic E-state index is 0.883. The molecule has 11 aromatic rings. The summed E-state index contributed by atoms with van der Waals surface area (Å²) in [6, 6.07) is 65.7. The Hall–Kier alpha value is -7.04. The standard InChI is InChI=1S/C50H35N3O/c1-2-51-43-18-9-6-15-38(43)39-29-25-34(31-47(39)51)33-23-26-36(27-24-33)52(37-28-30-49-42(32-37)40-16-8-11-22-48(40)54-49)45-20-12-21-46-50(45)41-17-7-10-19-44(41)53(46)35-13-4-3-5-14-35/h3-32H,2H2,1H3. The molecule has 0 unspecified atom stereocenters. The van der Waals surface area contributed by atoms with Crippen molar-refractivity contribution in [2.24, 2.45) is 0 Å². The molecule has 0 amide bonds. The van der Waals surface area contributed by atoms with Gasteiger partial charge in [0, 0.05) is 67.0 Å². The van der Waals surface area contributed by atoms with Crippen LogP contribution in [0.4, 0.5) is 17.1 Å². The lowest BCUT2D eigenvalue weighted by atomic mass is 10.0. The van der Waals surface area contributed by atoms with E-state index in [0.29, 0.717) is 0 Å². The number of aromatic nitrogens is 2. The summed E-state index contributed by atoms with van der Waals surface area (Å²) in [6.07, 6.45) is 0. The summed E-state index contributed by atoms with van der Waals surface area (Å²) in [4.78, 5) is 2.41. The minimum Gasteiger partial charge on any atom is -0.456 e. The molecule has 3 heterocycles. The number of furan rings is 1. The molecule has 4 nitrogen and oxygen atoms in total. The zero-order valence-corrected chi connectivity index (χ0v) is 29.8. The van der Waals surface area contributed by atoms with E-state index in [-0.39, 0.29) is 0 Å². The van der Waals surface area contributed by atoms with Crippen molar-refractivity contribution in [2.75, 3.05) is 4.90 Å². The summed E-state index contributed by atoms with van der Waals surface area (Å²) in [5.74, 6) is 0. The molecule has 0 atom stereocenters. The number of benzene rings is 8. The maximum absolute atomic E-state index is 6.29. The van der Waals surface area contributed by atoms with E-state index in [2.05, 4.69) is 191 Å². The summed E-state index contributed by atoms with van der Waals surface area (Å²) in [5, 5.41) is 7.23. The number of para-hydroxylation sites is 4. The van der Waals surface area contributed by atoms with E-state index in [9.17, 15) is 0 Å². The largest absolute Gasteiger partial charge is 0.456 e. The molecule has 256 valence electrons. The van der Waals surface area contributed by atoms with Crippen LogP contribution in [0.1, 0.15) is 6.92 Å². The second-order valence-corrected chi connectivity index (χ2v) is 14.0. The van der Waals surface area contributed by atoms with Gasteiger partial charge in [0.15, 0.2) is 0 Å². The van der Waals surface area contributed by atoms with Gasteiger partial charge in [-0.2, -0.15) is 0 Å². The van der Waals surface area contributed by atoms with Crippen LogP contribution in [-0.2, 0) is 6.54 Å². The van der Waals surface area contributed by atoms with Crippen LogP contribution >= 0.6 is 0 Å². The maximum Gasteiger partial charge on any atom is 0.135 e. The lowest BCUT2D eigenvalue weighted by molar-refractivity contribution is 0.669. The first-order valence-corrected chi connectivity index (χ1v) is 18.7. The Balaban J connectivity index is 1.12. The van der Waals surface area contributed by atoms with E-state index in [1.807, 2.05) is 12.1 Å².